The van der Waals surface area contributed by atoms with Gasteiger partial charge in [-0.2, -0.15) is 0 Å². The maximum atomic E-state index is 11.5. The molecular weight excluding hydrogens is 258 g/mol. The van der Waals surface area contributed by atoms with Crippen molar-refractivity contribution in [1.82, 2.24) is 4.90 Å². The molecule has 0 aromatic heterocycles. The minimum atomic E-state index is -0.835. The van der Waals surface area contributed by atoms with Crippen molar-refractivity contribution in [1.29, 1.82) is 0 Å². The molecule has 0 spiro atoms. The van der Waals surface area contributed by atoms with Crippen LogP contribution in [-0.2, 0) is 11.3 Å². The predicted octanol–water partition coefficient (Wildman–Crippen LogP) is 1.95. The van der Waals surface area contributed by atoms with Crippen LogP contribution < -0.4 is 4.74 Å². The number of carbonyl (C=O) groups is 2. The van der Waals surface area contributed by atoms with E-state index in [1.165, 1.54) is 6.92 Å². The van der Waals surface area contributed by atoms with Gasteiger partial charge in [-0.05, 0) is 38.0 Å². The van der Waals surface area contributed by atoms with Gasteiger partial charge in [0, 0.05) is 23.7 Å². The van der Waals surface area contributed by atoms with Crippen LogP contribution in [0.4, 0.5) is 0 Å². The van der Waals surface area contributed by atoms with Gasteiger partial charge in [0.1, 0.15) is 5.75 Å². The number of ketones is 1. The van der Waals surface area contributed by atoms with Crippen molar-refractivity contribution in [2.75, 3.05) is 13.7 Å². The van der Waals surface area contributed by atoms with Crippen LogP contribution in [0.15, 0.2) is 18.2 Å². The molecular formula is C15H19NO4. The van der Waals surface area contributed by atoms with E-state index in [1.54, 1.807) is 25.3 Å². The van der Waals surface area contributed by atoms with E-state index in [0.717, 1.165) is 18.4 Å². The molecule has 0 aliphatic heterocycles. The van der Waals surface area contributed by atoms with Crippen LogP contribution in [-0.4, -0.2) is 41.5 Å². The minimum Gasteiger partial charge on any atom is -0.496 e. The molecule has 1 N–H and O–H groups in total. The number of carboxylic acids is 1. The number of aliphatic carboxylic acids is 1. The highest BCUT2D eigenvalue weighted by molar-refractivity contribution is 5.94. The summed E-state index contributed by atoms with van der Waals surface area (Å²) in [4.78, 5) is 24.3. The van der Waals surface area contributed by atoms with Crippen molar-refractivity contribution < 1.29 is 19.4 Å². The molecule has 0 bridgehead atoms. The predicted molar refractivity (Wildman–Crippen MR) is 74.1 cm³/mol. The van der Waals surface area contributed by atoms with Gasteiger partial charge in [-0.1, -0.05) is 0 Å². The lowest BCUT2D eigenvalue weighted by molar-refractivity contribution is -0.138. The number of hydrogen-bond acceptors (Lipinski definition) is 4. The molecule has 0 amide bonds. The van der Waals surface area contributed by atoms with Gasteiger partial charge in [0.2, 0.25) is 0 Å². The van der Waals surface area contributed by atoms with Gasteiger partial charge in [-0.3, -0.25) is 14.5 Å². The Kier molecular flexibility index (Phi) is 4.39. The van der Waals surface area contributed by atoms with E-state index in [-0.39, 0.29) is 12.3 Å². The molecule has 1 aromatic carbocycles. The molecule has 0 saturated heterocycles. The largest absolute Gasteiger partial charge is 0.496 e. The first-order chi connectivity index (χ1) is 9.51. The lowest BCUT2D eigenvalue weighted by atomic mass is 10.1. The second kappa shape index (κ2) is 6.05. The summed E-state index contributed by atoms with van der Waals surface area (Å²) in [6, 6.07) is 5.61. The number of rotatable bonds is 7. The second-order valence-corrected chi connectivity index (χ2v) is 5.11. The van der Waals surface area contributed by atoms with Crippen LogP contribution in [0.1, 0.15) is 35.7 Å². The van der Waals surface area contributed by atoms with Gasteiger partial charge in [-0.25, -0.2) is 0 Å². The van der Waals surface area contributed by atoms with Crippen molar-refractivity contribution >= 4 is 11.8 Å². The molecule has 1 aliphatic carbocycles. The highest BCUT2D eigenvalue weighted by Gasteiger charge is 2.30. The first-order valence-electron chi connectivity index (χ1n) is 6.65. The molecule has 1 aromatic rings. The van der Waals surface area contributed by atoms with Crippen LogP contribution in [0.3, 0.4) is 0 Å². The summed E-state index contributed by atoms with van der Waals surface area (Å²) in [7, 11) is 1.57. The monoisotopic (exact) mass is 277 g/mol. The van der Waals surface area contributed by atoms with Crippen LogP contribution in [0.25, 0.3) is 0 Å². The number of ether oxygens (including phenoxy) is 1. The summed E-state index contributed by atoms with van der Waals surface area (Å²) >= 11 is 0. The summed E-state index contributed by atoms with van der Waals surface area (Å²) in [5, 5.41) is 8.98. The van der Waals surface area contributed by atoms with E-state index >= 15 is 0 Å². The minimum absolute atomic E-state index is 0.00916. The summed E-state index contributed by atoms with van der Waals surface area (Å²) in [5.41, 5.74) is 1.47. The van der Waals surface area contributed by atoms with Crippen molar-refractivity contribution in [2.24, 2.45) is 0 Å². The topological polar surface area (TPSA) is 66.8 Å². The standard InChI is InChI=1S/C15H19NO4/c1-10(17)11-3-6-14(20-2)12(7-11)8-16(9-15(18)19)13-4-5-13/h3,6-7,13H,4-5,8-9H2,1-2H3,(H,18,19). The van der Waals surface area contributed by atoms with Crippen molar-refractivity contribution in [2.45, 2.75) is 32.4 Å². The Hall–Kier alpha value is -1.88. The molecule has 0 unspecified atom stereocenters. The summed E-state index contributed by atoms with van der Waals surface area (Å²) < 4.78 is 5.30. The first-order valence-corrected chi connectivity index (χ1v) is 6.65. The Morgan fingerprint density at radius 2 is 2.10 bits per heavy atom. The number of hydrogen-bond donors (Lipinski definition) is 1. The Balaban J connectivity index is 2.22. The number of carbonyl (C=O) groups excluding carboxylic acids is 1. The zero-order valence-electron chi connectivity index (χ0n) is 11.8. The molecule has 5 nitrogen and oxygen atoms in total. The lowest BCUT2D eigenvalue weighted by Crippen LogP contribution is -2.31. The third kappa shape index (κ3) is 3.57. The van der Waals surface area contributed by atoms with E-state index in [4.69, 9.17) is 9.84 Å². The number of benzene rings is 1. The van der Waals surface area contributed by atoms with Crippen LogP contribution in [0.5, 0.6) is 5.75 Å². The molecule has 1 saturated carbocycles. The van der Waals surface area contributed by atoms with Crippen LogP contribution in [0, 0.1) is 0 Å². The maximum absolute atomic E-state index is 11.5. The van der Waals surface area contributed by atoms with Crippen LogP contribution in [0.2, 0.25) is 0 Å². The Morgan fingerprint density at radius 1 is 1.40 bits per heavy atom. The molecule has 1 fully saturated rings. The Morgan fingerprint density at radius 3 is 2.60 bits per heavy atom. The van der Waals surface area contributed by atoms with Gasteiger partial charge < -0.3 is 9.84 Å². The molecule has 1 aliphatic rings. The molecule has 0 atom stereocenters. The van der Waals surface area contributed by atoms with E-state index in [2.05, 4.69) is 0 Å². The van der Waals surface area contributed by atoms with E-state index < -0.39 is 5.97 Å². The zero-order chi connectivity index (χ0) is 14.7. The van der Waals surface area contributed by atoms with Gasteiger partial charge in [0.15, 0.2) is 5.78 Å². The zero-order valence-corrected chi connectivity index (χ0v) is 11.8. The molecule has 108 valence electrons. The fourth-order valence-corrected chi connectivity index (χ4v) is 2.27. The summed E-state index contributed by atoms with van der Waals surface area (Å²) in [5.74, 6) is -0.158. The molecule has 0 radical (unpaired) electrons. The Bertz CT molecular complexity index is 523. The number of methoxy groups -OCH3 is 1. The van der Waals surface area contributed by atoms with E-state index in [0.29, 0.717) is 23.9 Å². The van der Waals surface area contributed by atoms with Crippen molar-refractivity contribution in [3.05, 3.63) is 29.3 Å². The first kappa shape index (κ1) is 14.5. The lowest BCUT2D eigenvalue weighted by Gasteiger charge is -2.21. The molecule has 2 rings (SSSR count). The smallest absolute Gasteiger partial charge is 0.317 e. The quantitative estimate of drug-likeness (QED) is 0.772. The summed E-state index contributed by atoms with van der Waals surface area (Å²) in [6.07, 6.45) is 2.06. The van der Waals surface area contributed by atoms with Crippen molar-refractivity contribution in [3.8, 4) is 5.75 Å². The second-order valence-electron chi connectivity index (χ2n) is 5.11. The number of Topliss-reactive ketones (excluding diaryl/α,β-unsaturated/α-hetero) is 1. The third-order valence-electron chi connectivity index (χ3n) is 3.46. The normalized spacial score (nSPS) is 14.3. The molecule has 20 heavy (non-hydrogen) atoms. The summed E-state index contributed by atoms with van der Waals surface area (Å²) in [6.45, 7) is 2.01. The van der Waals surface area contributed by atoms with Gasteiger partial charge in [-0.15, -0.1) is 0 Å². The third-order valence-corrected chi connectivity index (χ3v) is 3.46. The average molecular weight is 277 g/mol. The van der Waals surface area contributed by atoms with Gasteiger partial charge in [0.05, 0.1) is 13.7 Å². The maximum Gasteiger partial charge on any atom is 0.317 e. The molecule has 0 heterocycles. The average Bonchev–Trinajstić information content (AvgIpc) is 3.21. The highest BCUT2D eigenvalue weighted by Crippen LogP contribution is 2.30. The Labute approximate surface area is 118 Å². The van der Waals surface area contributed by atoms with E-state index in [9.17, 15) is 9.59 Å². The highest BCUT2D eigenvalue weighted by atomic mass is 16.5. The van der Waals surface area contributed by atoms with Crippen molar-refractivity contribution in [3.63, 3.8) is 0 Å². The molecule has 5 heteroatoms. The van der Waals surface area contributed by atoms with Gasteiger partial charge >= 0.3 is 5.97 Å². The number of carboxylic acid groups (broad SMARTS) is 1. The van der Waals surface area contributed by atoms with E-state index in [1.807, 2.05) is 4.90 Å². The fraction of sp³-hybridized carbons (Fsp3) is 0.467. The van der Waals surface area contributed by atoms with Crippen LogP contribution >= 0.6 is 0 Å². The fourth-order valence-electron chi connectivity index (χ4n) is 2.27. The SMILES string of the molecule is COc1ccc(C(C)=O)cc1CN(CC(=O)O)C1CC1. The van der Waals surface area contributed by atoms with Gasteiger partial charge in [0.25, 0.3) is 0 Å². The number of nitrogens with zero attached hydrogens (tertiary/aromatic N) is 1.